The molecule has 0 heterocycles. The van der Waals surface area contributed by atoms with Crippen LogP contribution in [0.4, 0.5) is 17.6 Å². The molecule has 0 nitrogen and oxygen atoms in total. The molecule has 0 saturated heterocycles. The first-order chi connectivity index (χ1) is 2.64. The predicted molar refractivity (Wildman–Crippen MR) is 32.7 cm³/mol. The Balaban J connectivity index is -0.000000125. The summed E-state index contributed by atoms with van der Waals surface area (Å²) >= 11 is 0. The van der Waals surface area contributed by atoms with Crippen molar-refractivity contribution < 1.29 is 17.6 Å². The lowest BCUT2D eigenvalue weighted by molar-refractivity contribution is -0.0278. The largest absolute Gasteiger partial charge is 0.298 e. The Morgan fingerprint density at radius 1 is 0.625 bits per heavy atom. The molecule has 54 valence electrons. The first-order valence-electron chi connectivity index (χ1n) is 1.21. The second kappa shape index (κ2) is 7.68. The van der Waals surface area contributed by atoms with E-state index in [0.29, 0.717) is 0 Å². The van der Waals surface area contributed by atoms with Gasteiger partial charge >= 0.3 is 0 Å². The molecule has 8 heavy (non-hydrogen) atoms. The van der Waals surface area contributed by atoms with Crippen molar-refractivity contribution in [2.45, 2.75) is 12.9 Å². The molecule has 0 aliphatic carbocycles. The number of hydrogen-bond acceptors (Lipinski definition) is 0. The van der Waals surface area contributed by atoms with E-state index in [-0.39, 0.29) is 34.0 Å². The van der Waals surface area contributed by atoms with Gasteiger partial charge in [0, 0.05) is 0 Å². The molecule has 6 heteroatoms. The molecule has 0 bridgehead atoms. The highest BCUT2D eigenvalue weighted by Crippen LogP contribution is 2.04. The fourth-order valence-electron chi connectivity index (χ4n) is 0. The molecule has 0 rings (SSSR count). The van der Waals surface area contributed by atoms with Crippen LogP contribution >= 0.6 is 34.0 Å². The minimum absolute atomic E-state index is 0. The lowest BCUT2D eigenvalue weighted by Crippen LogP contribution is -2.02. The van der Waals surface area contributed by atoms with Gasteiger partial charge in [0.2, 0.25) is 0 Å². The number of hydrogen-bond donors (Lipinski definition) is 0. The Bertz CT molecular complexity index is 33.0. The maximum absolute atomic E-state index is 10.4. The molecule has 0 aliphatic heterocycles. The third-order valence-electron chi connectivity index (χ3n) is 0.190. The summed E-state index contributed by atoms with van der Waals surface area (Å²) in [5.74, 6) is 0. The molecule has 0 aromatic rings. The lowest BCUT2D eigenvalue weighted by atomic mass is 10.8. The fraction of sp³-hybridized carbons (Fsp3) is 1.00. The van der Waals surface area contributed by atoms with Crippen LogP contribution in [0.3, 0.4) is 0 Å². The molecular formula is C2H4Br2F4. The number of halogens is 6. The van der Waals surface area contributed by atoms with E-state index >= 15 is 0 Å². The minimum atomic E-state index is -3.48. The smallest absolute Gasteiger partial charge is 0.204 e. The highest BCUT2D eigenvalue weighted by Gasteiger charge is 2.15. The van der Waals surface area contributed by atoms with E-state index in [0.717, 1.165) is 0 Å². The summed E-state index contributed by atoms with van der Waals surface area (Å²) in [6.07, 6.45) is -6.96. The van der Waals surface area contributed by atoms with Crippen LogP contribution in [0, 0.1) is 0 Å². The maximum Gasteiger partial charge on any atom is 0.298 e. The monoisotopic (exact) mass is 262 g/mol. The van der Waals surface area contributed by atoms with Crippen LogP contribution in [0.2, 0.25) is 0 Å². The number of rotatable bonds is 1. The summed E-state index contributed by atoms with van der Waals surface area (Å²) in [5, 5.41) is 0. The zero-order valence-electron chi connectivity index (χ0n) is 3.48. The van der Waals surface area contributed by atoms with Crippen molar-refractivity contribution in [3.8, 4) is 0 Å². The van der Waals surface area contributed by atoms with Crippen molar-refractivity contribution in [1.29, 1.82) is 0 Å². The second-order valence-corrected chi connectivity index (χ2v) is 0.669. The van der Waals surface area contributed by atoms with E-state index in [1.54, 1.807) is 0 Å². The summed E-state index contributed by atoms with van der Waals surface area (Å²) in [6, 6.07) is 0. The highest BCUT2D eigenvalue weighted by molar-refractivity contribution is 8.93. The van der Waals surface area contributed by atoms with Crippen molar-refractivity contribution in [3.63, 3.8) is 0 Å². The summed E-state index contributed by atoms with van der Waals surface area (Å²) in [6.45, 7) is 0. The number of alkyl halides is 4. The molecule has 0 radical (unpaired) electrons. The van der Waals surface area contributed by atoms with Crippen LogP contribution in [0.15, 0.2) is 0 Å². The van der Waals surface area contributed by atoms with Gasteiger partial charge in [0.05, 0.1) is 0 Å². The van der Waals surface area contributed by atoms with Gasteiger partial charge in [-0.15, -0.1) is 34.0 Å². The van der Waals surface area contributed by atoms with E-state index in [2.05, 4.69) is 0 Å². The topological polar surface area (TPSA) is 0 Å². The standard InChI is InChI=1S/C2H2F4.2BrH/c3-1(4)2(5)6;;/h1-2H;2*1H. The summed E-state index contributed by atoms with van der Waals surface area (Å²) < 4.78 is 41.6. The van der Waals surface area contributed by atoms with E-state index < -0.39 is 12.9 Å². The van der Waals surface area contributed by atoms with Crippen molar-refractivity contribution in [3.05, 3.63) is 0 Å². The molecule has 0 amide bonds. The van der Waals surface area contributed by atoms with Gasteiger partial charge in [0.15, 0.2) is 0 Å². The zero-order chi connectivity index (χ0) is 5.15. The molecular weight excluding hydrogens is 260 g/mol. The van der Waals surface area contributed by atoms with E-state index in [4.69, 9.17) is 0 Å². The Kier molecular flexibility index (Phi) is 15.2. The Morgan fingerprint density at radius 3 is 0.750 bits per heavy atom. The Hall–Kier alpha value is 0.680. The highest BCUT2D eigenvalue weighted by atomic mass is 79.9. The van der Waals surface area contributed by atoms with Gasteiger partial charge in [-0.3, -0.25) is 0 Å². The molecule has 0 aromatic carbocycles. The molecule has 0 fully saturated rings. The van der Waals surface area contributed by atoms with Crippen LogP contribution in [-0.2, 0) is 0 Å². The molecule has 0 atom stereocenters. The van der Waals surface area contributed by atoms with Gasteiger partial charge in [-0.25, -0.2) is 17.6 Å². The van der Waals surface area contributed by atoms with Crippen molar-refractivity contribution in [1.82, 2.24) is 0 Å². The SMILES string of the molecule is Br.Br.FC(F)C(F)F. The minimum Gasteiger partial charge on any atom is -0.204 e. The normalized spacial score (nSPS) is 8.25. The van der Waals surface area contributed by atoms with Crippen LogP contribution < -0.4 is 0 Å². The lowest BCUT2D eigenvalue weighted by Gasteiger charge is -1.89. The van der Waals surface area contributed by atoms with E-state index in [9.17, 15) is 17.6 Å². The fourth-order valence-corrected chi connectivity index (χ4v) is 0. The average molecular weight is 264 g/mol. The average Bonchev–Trinajstić information content (AvgIpc) is 1.36. The van der Waals surface area contributed by atoms with Gasteiger partial charge in [0.25, 0.3) is 12.9 Å². The predicted octanol–water partition coefficient (Wildman–Crippen LogP) is 2.67. The van der Waals surface area contributed by atoms with Crippen LogP contribution in [0.5, 0.6) is 0 Å². The van der Waals surface area contributed by atoms with Crippen molar-refractivity contribution >= 4 is 34.0 Å². The van der Waals surface area contributed by atoms with Crippen molar-refractivity contribution in [2.24, 2.45) is 0 Å². The van der Waals surface area contributed by atoms with E-state index in [1.807, 2.05) is 0 Å². The molecule has 0 aromatic heterocycles. The molecule has 0 spiro atoms. The third-order valence-corrected chi connectivity index (χ3v) is 0.190. The van der Waals surface area contributed by atoms with Gasteiger partial charge in [-0.05, 0) is 0 Å². The molecule has 0 aliphatic rings. The second-order valence-electron chi connectivity index (χ2n) is 0.669. The van der Waals surface area contributed by atoms with Crippen LogP contribution in [0.25, 0.3) is 0 Å². The van der Waals surface area contributed by atoms with Gasteiger partial charge in [-0.2, -0.15) is 0 Å². The molecule has 0 saturated carbocycles. The quantitative estimate of drug-likeness (QED) is 0.638. The Labute approximate surface area is 64.8 Å². The first-order valence-corrected chi connectivity index (χ1v) is 1.21. The Morgan fingerprint density at radius 2 is 0.750 bits per heavy atom. The third kappa shape index (κ3) is 9.84. The van der Waals surface area contributed by atoms with Gasteiger partial charge in [-0.1, -0.05) is 0 Å². The van der Waals surface area contributed by atoms with Crippen LogP contribution in [-0.4, -0.2) is 12.9 Å². The van der Waals surface area contributed by atoms with Gasteiger partial charge < -0.3 is 0 Å². The summed E-state index contributed by atoms with van der Waals surface area (Å²) in [7, 11) is 0. The summed E-state index contributed by atoms with van der Waals surface area (Å²) in [5.41, 5.74) is 0. The van der Waals surface area contributed by atoms with E-state index in [1.165, 1.54) is 0 Å². The van der Waals surface area contributed by atoms with Crippen LogP contribution in [0.1, 0.15) is 0 Å². The molecule has 0 N–H and O–H groups in total. The first kappa shape index (κ1) is 15.9. The summed E-state index contributed by atoms with van der Waals surface area (Å²) in [4.78, 5) is 0. The van der Waals surface area contributed by atoms with Gasteiger partial charge in [0.1, 0.15) is 0 Å². The molecule has 0 unspecified atom stereocenters. The van der Waals surface area contributed by atoms with Crippen molar-refractivity contribution in [2.75, 3.05) is 0 Å². The zero-order valence-corrected chi connectivity index (χ0v) is 6.91. The maximum atomic E-state index is 10.4.